The lowest BCUT2D eigenvalue weighted by atomic mass is 9.45. The smallest absolute Gasteiger partial charge is 0.336 e. The van der Waals surface area contributed by atoms with Crippen LogP contribution in [-0.2, 0) is 10.8 Å². The highest BCUT2D eigenvalue weighted by Crippen LogP contribution is 2.54. The van der Waals surface area contributed by atoms with Crippen LogP contribution in [0.15, 0.2) is 126 Å². The molecule has 0 N–H and O–H groups in total. The van der Waals surface area contributed by atoms with E-state index in [2.05, 4.69) is 165 Å². The van der Waals surface area contributed by atoms with Crippen molar-refractivity contribution in [1.29, 1.82) is 0 Å². The van der Waals surface area contributed by atoms with Crippen molar-refractivity contribution in [2.75, 3.05) is 4.90 Å². The van der Waals surface area contributed by atoms with E-state index in [1.165, 1.54) is 121 Å². The minimum absolute atomic E-state index is 0.0729. The van der Waals surface area contributed by atoms with Gasteiger partial charge in [0, 0.05) is 48.7 Å². The highest BCUT2D eigenvalue weighted by Gasteiger charge is 2.46. The first kappa shape index (κ1) is 31.4. The molecule has 3 aromatic heterocycles. The molecule has 56 heavy (non-hydrogen) atoms. The zero-order chi connectivity index (χ0) is 37.4. The molecule has 13 rings (SSSR count). The van der Waals surface area contributed by atoms with Crippen LogP contribution in [0.25, 0.3) is 75.0 Å². The maximum atomic E-state index is 6.98. The van der Waals surface area contributed by atoms with E-state index < -0.39 is 0 Å². The Morgan fingerprint density at radius 3 is 2.21 bits per heavy atom. The first-order valence-electron chi connectivity index (χ1n) is 20.1. The Bertz CT molecular complexity index is 3410. The van der Waals surface area contributed by atoms with Gasteiger partial charge in [0.15, 0.2) is 5.71 Å². The minimum Gasteiger partial charge on any atom is -0.441 e. The van der Waals surface area contributed by atoms with Gasteiger partial charge in [0.05, 0.1) is 15.8 Å². The fraction of sp³-hybridized carbons (Fsp3) is 0.176. The van der Waals surface area contributed by atoms with Crippen LogP contribution in [0, 0.1) is 6.92 Å². The van der Waals surface area contributed by atoms with E-state index in [1.54, 1.807) is 0 Å². The highest BCUT2D eigenvalue weighted by molar-refractivity contribution is 7.26. The second-order valence-electron chi connectivity index (χ2n) is 17.9. The summed E-state index contributed by atoms with van der Waals surface area (Å²) in [6.07, 6.45) is 2.37. The van der Waals surface area contributed by atoms with Gasteiger partial charge in [0.2, 0.25) is 0 Å². The largest absolute Gasteiger partial charge is 0.441 e. The molecule has 2 aliphatic heterocycles. The molecule has 0 atom stereocenters. The Balaban J connectivity index is 1.25. The minimum atomic E-state index is -0.0887. The van der Waals surface area contributed by atoms with Gasteiger partial charge in [-0.05, 0) is 98.8 Å². The molecule has 7 aromatic carbocycles. The zero-order valence-electron chi connectivity index (χ0n) is 32.2. The molecule has 3 nitrogen and oxygen atoms in total. The fourth-order valence-electron chi connectivity index (χ4n) is 11.1. The molecule has 268 valence electrons. The number of aromatic nitrogens is 1. The summed E-state index contributed by atoms with van der Waals surface area (Å²) in [6, 6.07) is 46.0. The molecule has 5 heterocycles. The molecule has 0 bridgehead atoms. The Morgan fingerprint density at radius 2 is 1.38 bits per heavy atom. The van der Waals surface area contributed by atoms with Crippen LogP contribution in [0.1, 0.15) is 57.2 Å². The monoisotopic (exact) mass is 738 g/mol. The summed E-state index contributed by atoms with van der Waals surface area (Å²) >= 11 is 1.94. The molecule has 0 unspecified atom stereocenters. The third-order valence-corrected chi connectivity index (χ3v) is 15.1. The number of hydrogen-bond donors (Lipinski definition) is 0. The number of hydrogen-bond acceptors (Lipinski definition) is 3. The topological polar surface area (TPSA) is 21.3 Å². The second kappa shape index (κ2) is 10.3. The Morgan fingerprint density at radius 1 is 0.661 bits per heavy atom. The number of benzene rings is 7. The van der Waals surface area contributed by atoms with Crippen LogP contribution >= 0.6 is 11.3 Å². The average Bonchev–Trinajstić information content (AvgIpc) is 3.88. The molecule has 0 fully saturated rings. The number of nitrogens with zero attached hydrogens (tertiary/aromatic N) is 2. The fourth-order valence-corrected chi connectivity index (χ4v) is 12.4. The SMILES string of the molecule is Cc1cc2c(cc1N1c3cc4ccccc4c4c3B(c3ccc5c(sc6ccccc65)c31)n1c3oc5ccccc5c3c3cccc-4c31)C(C)(C)CCC2(C)C. The van der Waals surface area contributed by atoms with Crippen molar-refractivity contribution < 1.29 is 4.42 Å². The predicted molar refractivity (Wildman–Crippen MR) is 240 cm³/mol. The van der Waals surface area contributed by atoms with Gasteiger partial charge in [-0.3, -0.25) is 0 Å². The third kappa shape index (κ3) is 3.76. The highest BCUT2D eigenvalue weighted by atomic mass is 32.1. The first-order chi connectivity index (χ1) is 27.2. The zero-order valence-corrected chi connectivity index (χ0v) is 33.1. The van der Waals surface area contributed by atoms with Gasteiger partial charge in [0.25, 0.3) is 0 Å². The van der Waals surface area contributed by atoms with Gasteiger partial charge < -0.3 is 13.8 Å². The van der Waals surface area contributed by atoms with Gasteiger partial charge in [-0.15, -0.1) is 11.3 Å². The maximum Gasteiger partial charge on any atom is 0.336 e. The number of rotatable bonds is 1. The molecule has 10 aromatic rings. The summed E-state index contributed by atoms with van der Waals surface area (Å²) in [5.41, 5.74) is 16.8. The Hall–Kier alpha value is -5.78. The molecule has 1 aliphatic carbocycles. The van der Waals surface area contributed by atoms with E-state index in [0.717, 1.165) is 11.3 Å². The molecule has 0 spiro atoms. The first-order valence-corrected chi connectivity index (χ1v) is 20.9. The number of fused-ring (bicyclic) bond motifs is 16. The van der Waals surface area contributed by atoms with Gasteiger partial charge in [-0.25, -0.2) is 0 Å². The van der Waals surface area contributed by atoms with Crippen LogP contribution in [0.3, 0.4) is 0 Å². The second-order valence-corrected chi connectivity index (χ2v) is 19.0. The normalized spacial score (nSPS) is 16.4. The van der Waals surface area contributed by atoms with Crippen molar-refractivity contribution in [3.8, 4) is 11.1 Å². The van der Waals surface area contributed by atoms with Crippen molar-refractivity contribution in [2.45, 2.75) is 58.3 Å². The lowest BCUT2D eigenvalue weighted by molar-refractivity contribution is 0.332. The molecule has 0 saturated carbocycles. The molecule has 0 saturated heterocycles. The molecular formula is C51H39BN2OS. The summed E-state index contributed by atoms with van der Waals surface area (Å²) < 4.78 is 12.2. The average molecular weight is 739 g/mol. The molecular weight excluding hydrogens is 699 g/mol. The maximum absolute atomic E-state index is 6.98. The van der Waals surface area contributed by atoms with Crippen molar-refractivity contribution in [3.63, 3.8) is 0 Å². The third-order valence-electron chi connectivity index (χ3n) is 13.9. The number of thiophene rings is 1. The van der Waals surface area contributed by atoms with Crippen LogP contribution in [0.2, 0.25) is 0 Å². The van der Waals surface area contributed by atoms with E-state index in [4.69, 9.17) is 4.42 Å². The van der Waals surface area contributed by atoms with Crippen molar-refractivity contribution in [2.24, 2.45) is 0 Å². The Kier molecular flexibility index (Phi) is 5.80. The van der Waals surface area contributed by atoms with E-state index in [9.17, 15) is 0 Å². The van der Waals surface area contributed by atoms with Crippen LogP contribution < -0.4 is 15.8 Å². The quantitative estimate of drug-likeness (QED) is 0.156. The Labute approximate surface area is 329 Å². The standard InChI is InChI=1S/C51H39BN2OS/c1-28-25-36-37(51(4,5)24-23-50(36,2)3)27-39(28)53-40-26-29-13-6-7-14-30(29)43-34-17-12-18-35-44-33-16-8-10-19-41(33)55-49(44)54(46(34)35)52(45(40)43)38-22-21-32-31-15-9-11-20-42(31)56-48(32)47(38)53/h6-22,25-27H,23-24H2,1-5H3. The summed E-state index contributed by atoms with van der Waals surface area (Å²) in [5.74, 6) is 0. The van der Waals surface area contributed by atoms with E-state index in [1.807, 2.05) is 11.3 Å². The summed E-state index contributed by atoms with van der Waals surface area (Å²) in [5, 5.41) is 8.84. The summed E-state index contributed by atoms with van der Waals surface area (Å²) in [6.45, 7) is 12.0. The van der Waals surface area contributed by atoms with Gasteiger partial charge in [-0.2, -0.15) is 0 Å². The number of anilines is 3. The lowest BCUT2D eigenvalue weighted by Gasteiger charge is -2.45. The molecule has 0 radical (unpaired) electrons. The van der Waals surface area contributed by atoms with Crippen molar-refractivity contribution >= 4 is 110 Å². The molecule has 5 heteroatoms. The van der Waals surface area contributed by atoms with Crippen LogP contribution in [0.5, 0.6) is 0 Å². The van der Waals surface area contributed by atoms with Crippen molar-refractivity contribution in [3.05, 3.63) is 138 Å². The van der Waals surface area contributed by atoms with E-state index >= 15 is 0 Å². The molecule has 0 amide bonds. The molecule has 3 aliphatic rings. The summed E-state index contributed by atoms with van der Waals surface area (Å²) in [7, 11) is 0. The van der Waals surface area contributed by atoms with Gasteiger partial charge >= 0.3 is 6.85 Å². The number of furan rings is 1. The van der Waals surface area contributed by atoms with Crippen LogP contribution in [0.4, 0.5) is 17.1 Å². The van der Waals surface area contributed by atoms with E-state index in [-0.39, 0.29) is 17.7 Å². The van der Waals surface area contributed by atoms with Gasteiger partial charge in [-0.1, -0.05) is 125 Å². The predicted octanol–water partition coefficient (Wildman–Crippen LogP) is 13.1. The lowest BCUT2D eigenvalue weighted by Crippen LogP contribution is -2.56. The summed E-state index contributed by atoms with van der Waals surface area (Å²) in [4.78, 5) is 2.69. The number of aryl methyl sites for hydroxylation is 1. The van der Waals surface area contributed by atoms with E-state index in [0.29, 0.717) is 0 Å². The van der Waals surface area contributed by atoms with Gasteiger partial charge in [0.1, 0.15) is 5.58 Å². The number of para-hydroxylation sites is 2. The van der Waals surface area contributed by atoms with Crippen molar-refractivity contribution in [1.82, 2.24) is 4.48 Å². The van der Waals surface area contributed by atoms with Crippen LogP contribution in [-0.4, -0.2) is 11.3 Å².